The molecule has 1 aliphatic carbocycles. The summed E-state index contributed by atoms with van der Waals surface area (Å²) in [5, 5.41) is 34.6. The van der Waals surface area contributed by atoms with E-state index in [1.807, 2.05) is 0 Å². The third kappa shape index (κ3) is 5.45. The van der Waals surface area contributed by atoms with Gasteiger partial charge in [-0.15, -0.1) is 0 Å². The second-order valence-corrected chi connectivity index (χ2v) is 7.39. The van der Waals surface area contributed by atoms with E-state index in [4.69, 9.17) is 16.3 Å². The Labute approximate surface area is 180 Å². The minimum absolute atomic E-state index is 0.0338. The van der Waals surface area contributed by atoms with Crippen molar-refractivity contribution in [3.05, 3.63) is 23.5 Å². The van der Waals surface area contributed by atoms with E-state index in [1.165, 1.54) is 13.3 Å². The zero-order chi connectivity index (χ0) is 22.8. The molecule has 1 fully saturated rings. The predicted molar refractivity (Wildman–Crippen MR) is 106 cm³/mol. The van der Waals surface area contributed by atoms with Gasteiger partial charge in [-0.05, 0) is 12.5 Å². The number of pyridine rings is 1. The molecule has 2 aromatic rings. The summed E-state index contributed by atoms with van der Waals surface area (Å²) in [5.74, 6) is -0.578. The molecule has 0 aliphatic heterocycles. The van der Waals surface area contributed by atoms with Gasteiger partial charge < -0.3 is 30.7 Å². The topological polar surface area (TPSA) is 133 Å². The fourth-order valence-electron chi connectivity index (χ4n) is 3.33. The monoisotopic (exact) mass is 463 g/mol. The van der Waals surface area contributed by atoms with Gasteiger partial charge in [0, 0.05) is 30.4 Å². The molecule has 0 aromatic carbocycles. The second kappa shape index (κ2) is 9.39. The number of alkyl halides is 3. The SMILES string of the molecule is COc1ccc(-c2c(Cl)nc(NCC(F)(F)F)nc2N[C@@H]2C[C@H](CO)[C@@H](O)[C@H]2O)cn1. The minimum Gasteiger partial charge on any atom is -0.481 e. The van der Waals surface area contributed by atoms with Crippen molar-refractivity contribution in [2.24, 2.45) is 5.92 Å². The fraction of sp³-hybridized carbons (Fsp3) is 0.500. The van der Waals surface area contributed by atoms with Gasteiger partial charge in [0.25, 0.3) is 0 Å². The molecule has 1 saturated carbocycles. The molecule has 5 N–H and O–H groups in total. The van der Waals surface area contributed by atoms with Gasteiger partial charge >= 0.3 is 6.18 Å². The Kier molecular flexibility index (Phi) is 7.04. The number of rotatable bonds is 7. The molecule has 170 valence electrons. The Morgan fingerprint density at radius 3 is 2.52 bits per heavy atom. The summed E-state index contributed by atoms with van der Waals surface area (Å²) < 4.78 is 42.8. The van der Waals surface area contributed by atoms with Crippen molar-refractivity contribution < 1.29 is 33.2 Å². The van der Waals surface area contributed by atoms with E-state index in [0.717, 1.165) is 0 Å². The molecule has 2 aromatic heterocycles. The lowest BCUT2D eigenvalue weighted by molar-refractivity contribution is -0.115. The molecule has 13 heteroatoms. The number of nitrogens with one attached hydrogen (secondary N) is 2. The molecule has 31 heavy (non-hydrogen) atoms. The van der Waals surface area contributed by atoms with Crippen LogP contribution in [0.25, 0.3) is 11.1 Å². The van der Waals surface area contributed by atoms with E-state index < -0.39 is 36.9 Å². The molecule has 0 bridgehead atoms. The minimum atomic E-state index is -4.50. The first kappa shape index (κ1) is 23.3. The molecule has 0 spiro atoms. The number of halogens is 4. The lowest BCUT2D eigenvalue weighted by Gasteiger charge is -2.21. The van der Waals surface area contributed by atoms with Gasteiger partial charge in [0.2, 0.25) is 11.8 Å². The summed E-state index contributed by atoms with van der Waals surface area (Å²) in [6.07, 6.45) is -5.28. The van der Waals surface area contributed by atoms with Crippen LogP contribution in [0, 0.1) is 5.92 Å². The Balaban J connectivity index is 1.98. The molecule has 0 amide bonds. The van der Waals surface area contributed by atoms with Crippen LogP contribution in [0.4, 0.5) is 24.9 Å². The average molecular weight is 464 g/mol. The number of anilines is 2. The van der Waals surface area contributed by atoms with Crippen molar-refractivity contribution >= 4 is 23.4 Å². The highest BCUT2D eigenvalue weighted by molar-refractivity contribution is 6.32. The highest BCUT2D eigenvalue weighted by Crippen LogP contribution is 2.37. The van der Waals surface area contributed by atoms with E-state index in [2.05, 4.69) is 25.6 Å². The maximum absolute atomic E-state index is 12.6. The van der Waals surface area contributed by atoms with Crippen LogP contribution in [0.2, 0.25) is 5.15 Å². The zero-order valence-corrected chi connectivity index (χ0v) is 17.0. The maximum Gasteiger partial charge on any atom is 0.405 e. The van der Waals surface area contributed by atoms with Crippen molar-refractivity contribution in [3.63, 3.8) is 0 Å². The van der Waals surface area contributed by atoms with Crippen molar-refractivity contribution in [2.75, 3.05) is 30.9 Å². The van der Waals surface area contributed by atoms with Crippen LogP contribution in [0.1, 0.15) is 6.42 Å². The number of hydrogen-bond donors (Lipinski definition) is 5. The van der Waals surface area contributed by atoms with Crippen molar-refractivity contribution in [3.8, 4) is 17.0 Å². The van der Waals surface area contributed by atoms with Gasteiger partial charge in [-0.3, -0.25) is 0 Å². The Hall–Kier alpha value is -2.41. The summed E-state index contributed by atoms with van der Waals surface area (Å²) >= 11 is 6.28. The third-order valence-electron chi connectivity index (χ3n) is 4.90. The van der Waals surface area contributed by atoms with E-state index in [-0.39, 0.29) is 35.5 Å². The van der Waals surface area contributed by atoms with E-state index in [9.17, 15) is 28.5 Å². The largest absolute Gasteiger partial charge is 0.481 e. The lowest BCUT2D eigenvalue weighted by Crippen LogP contribution is -2.35. The quantitative estimate of drug-likeness (QED) is 0.389. The highest BCUT2D eigenvalue weighted by atomic mass is 35.5. The predicted octanol–water partition coefficient (Wildman–Crippen LogP) is 1.69. The van der Waals surface area contributed by atoms with Crippen LogP contribution < -0.4 is 15.4 Å². The van der Waals surface area contributed by atoms with Crippen LogP contribution in [0.15, 0.2) is 18.3 Å². The smallest absolute Gasteiger partial charge is 0.405 e. The average Bonchev–Trinajstić information content (AvgIpc) is 2.99. The standard InChI is InChI=1S/C18H21ClF3N5O4/c1-31-11-3-2-8(5-23-11)12-15(19)26-17(24-7-18(20,21)22)27-16(12)25-10-4-9(6-28)13(29)14(10)30/h2-3,5,9-10,13-14,28-30H,4,6-7H2,1H3,(H2,24,25,26,27)/t9-,10-,13-,14+/m1/s1. The summed E-state index contributed by atoms with van der Waals surface area (Å²) in [6, 6.07) is 2.43. The van der Waals surface area contributed by atoms with E-state index >= 15 is 0 Å². The maximum atomic E-state index is 12.6. The van der Waals surface area contributed by atoms with Crippen LogP contribution in [0.3, 0.4) is 0 Å². The highest BCUT2D eigenvalue weighted by Gasteiger charge is 2.41. The molecular formula is C18H21ClF3N5O4. The molecule has 1 aliphatic rings. The number of methoxy groups -OCH3 is 1. The normalized spacial score (nSPS) is 23.6. The van der Waals surface area contributed by atoms with Gasteiger partial charge in [0.15, 0.2) is 0 Å². The Morgan fingerprint density at radius 2 is 1.97 bits per heavy atom. The number of ether oxygens (including phenoxy) is 1. The van der Waals surface area contributed by atoms with Gasteiger partial charge in [0.05, 0.1) is 24.8 Å². The van der Waals surface area contributed by atoms with Crippen LogP contribution >= 0.6 is 11.6 Å². The molecule has 4 atom stereocenters. The van der Waals surface area contributed by atoms with Crippen molar-refractivity contribution in [1.29, 1.82) is 0 Å². The van der Waals surface area contributed by atoms with Gasteiger partial charge in [-0.25, -0.2) is 9.97 Å². The molecular weight excluding hydrogens is 443 g/mol. The number of hydrogen-bond acceptors (Lipinski definition) is 9. The summed E-state index contributed by atoms with van der Waals surface area (Å²) in [6.45, 7) is -1.71. The zero-order valence-electron chi connectivity index (χ0n) is 16.3. The van der Waals surface area contributed by atoms with Gasteiger partial charge in [0.1, 0.15) is 23.6 Å². The Bertz CT molecular complexity index is 903. The third-order valence-corrected chi connectivity index (χ3v) is 5.18. The van der Waals surface area contributed by atoms with Crippen LogP contribution in [-0.2, 0) is 0 Å². The number of aliphatic hydroxyl groups is 3. The first-order chi connectivity index (χ1) is 14.6. The fourth-order valence-corrected chi connectivity index (χ4v) is 3.60. The number of aromatic nitrogens is 3. The lowest BCUT2D eigenvalue weighted by atomic mass is 10.1. The van der Waals surface area contributed by atoms with Crippen molar-refractivity contribution in [1.82, 2.24) is 15.0 Å². The molecule has 0 radical (unpaired) electrons. The first-order valence-electron chi connectivity index (χ1n) is 9.25. The molecule has 0 saturated heterocycles. The molecule has 2 heterocycles. The van der Waals surface area contributed by atoms with Crippen LogP contribution in [-0.4, -0.2) is 75.0 Å². The summed E-state index contributed by atoms with van der Waals surface area (Å²) in [7, 11) is 1.44. The van der Waals surface area contributed by atoms with E-state index in [1.54, 1.807) is 12.1 Å². The first-order valence-corrected chi connectivity index (χ1v) is 9.63. The molecule has 0 unspecified atom stereocenters. The summed E-state index contributed by atoms with van der Waals surface area (Å²) in [5.41, 5.74) is 0.686. The van der Waals surface area contributed by atoms with Crippen molar-refractivity contribution in [2.45, 2.75) is 30.8 Å². The molecule has 3 rings (SSSR count). The van der Waals surface area contributed by atoms with Crippen LogP contribution in [0.5, 0.6) is 5.88 Å². The number of aliphatic hydroxyl groups excluding tert-OH is 3. The van der Waals surface area contributed by atoms with Gasteiger partial charge in [-0.2, -0.15) is 18.2 Å². The Morgan fingerprint density at radius 1 is 1.23 bits per heavy atom. The van der Waals surface area contributed by atoms with E-state index in [0.29, 0.717) is 11.4 Å². The molecule has 9 nitrogen and oxygen atoms in total. The second-order valence-electron chi connectivity index (χ2n) is 7.03. The van der Waals surface area contributed by atoms with Gasteiger partial charge in [-0.1, -0.05) is 11.6 Å². The number of nitrogens with zero attached hydrogens (tertiary/aromatic N) is 3. The summed E-state index contributed by atoms with van der Waals surface area (Å²) in [4.78, 5) is 12.1.